The first-order valence-electron chi connectivity index (χ1n) is 3.81. The van der Waals surface area contributed by atoms with Gasteiger partial charge in [-0.15, -0.1) is 0 Å². The maximum atomic E-state index is 9.34. The Kier molecular flexibility index (Phi) is 2.84. The largest absolute Gasteiger partial charge is 0.394 e. The fourth-order valence-corrected chi connectivity index (χ4v) is 0.928. The van der Waals surface area contributed by atoms with E-state index in [1.807, 2.05) is 0 Å². The Morgan fingerprint density at radius 3 is 2.45 bits per heavy atom. The zero-order valence-electron chi connectivity index (χ0n) is 6.36. The van der Waals surface area contributed by atoms with Gasteiger partial charge in [-0.05, 0) is 6.42 Å². The van der Waals surface area contributed by atoms with Gasteiger partial charge < -0.3 is 20.1 Å². The Morgan fingerprint density at radius 2 is 2.09 bits per heavy atom. The van der Waals surface area contributed by atoms with Crippen LogP contribution in [0.4, 0.5) is 0 Å². The van der Waals surface area contributed by atoms with Crippen molar-refractivity contribution in [2.75, 3.05) is 13.2 Å². The SMILES string of the molecule is OCC(O)COC1(O)CCC1. The van der Waals surface area contributed by atoms with Gasteiger partial charge in [0.1, 0.15) is 6.10 Å². The van der Waals surface area contributed by atoms with E-state index in [9.17, 15) is 5.11 Å². The van der Waals surface area contributed by atoms with E-state index in [1.54, 1.807) is 0 Å². The molecule has 0 aromatic rings. The molecule has 4 heteroatoms. The molecule has 1 atom stereocenters. The second kappa shape index (κ2) is 3.49. The molecule has 1 saturated carbocycles. The number of aliphatic hydroxyl groups is 3. The van der Waals surface area contributed by atoms with Crippen molar-refractivity contribution in [3.8, 4) is 0 Å². The molecule has 1 rings (SSSR count). The lowest BCUT2D eigenvalue weighted by Crippen LogP contribution is -2.42. The lowest BCUT2D eigenvalue weighted by molar-refractivity contribution is -0.257. The van der Waals surface area contributed by atoms with Crippen LogP contribution in [0.1, 0.15) is 19.3 Å². The Bertz CT molecular complexity index is 122. The molecule has 1 aliphatic rings. The summed E-state index contributed by atoms with van der Waals surface area (Å²) < 4.78 is 4.96. The Labute approximate surface area is 65.4 Å². The van der Waals surface area contributed by atoms with E-state index in [1.165, 1.54) is 0 Å². The second-order valence-corrected chi connectivity index (χ2v) is 2.95. The van der Waals surface area contributed by atoms with Crippen LogP contribution in [0.25, 0.3) is 0 Å². The van der Waals surface area contributed by atoms with E-state index in [2.05, 4.69) is 0 Å². The lowest BCUT2D eigenvalue weighted by Gasteiger charge is -2.36. The Morgan fingerprint density at radius 1 is 1.45 bits per heavy atom. The highest BCUT2D eigenvalue weighted by Crippen LogP contribution is 2.32. The highest BCUT2D eigenvalue weighted by atomic mass is 16.6. The third-order valence-electron chi connectivity index (χ3n) is 1.89. The third kappa shape index (κ3) is 2.41. The third-order valence-corrected chi connectivity index (χ3v) is 1.89. The van der Waals surface area contributed by atoms with Crippen LogP contribution in [-0.4, -0.2) is 40.4 Å². The van der Waals surface area contributed by atoms with Crippen LogP contribution < -0.4 is 0 Å². The van der Waals surface area contributed by atoms with Gasteiger partial charge in [-0.1, -0.05) is 0 Å². The smallest absolute Gasteiger partial charge is 0.165 e. The molecule has 0 spiro atoms. The van der Waals surface area contributed by atoms with Gasteiger partial charge in [0.25, 0.3) is 0 Å². The molecule has 1 unspecified atom stereocenters. The molecule has 0 heterocycles. The van der Waals surface area contributed by atoms with Crippen LogP contribution in [0.5, 0.6) is 0 Å². The standard InChI is InChI=1S/C7H14O4/c8-4-6(9)5-11-7(10)2-1-3-7/h6,8-10H,1-5H2. The Hall–Kier alpha value is -0.160. The highest BCUT2D eigenvalue weighted by molar-refractivity contribution is 4.78. The number of hydrogen-bond donors (Lipinski definition) is 3. The molecule has 4 nitrogen and oxygen atoms in total. The van der Waals surface area contributed by atoms with Gasteiger partial charge in [0.2, 0.25) is 0 Å². The van der Waals surface area contributed by atoms with Gasteiger partial charge in [-0.2, -0.15) is 0 Å². The Balaban J connectivity index is 2.11. The molecule has 0 aromatic carbocycles. The molecule has 1 aliphatic carbocycles. The summed E-state index contributed by atoms with van der Waals surface area (Å²) >= 11 is 0. The minimum atomic E-state index is -1.02. The van der Waals surface area contributed by atoms with Gasteiger partial charge in [-0.25, -0.2) is 0 Å². The van der Waals surface area contributed by atoms with Gasteiger partial charge in [0, 0.05) is 12.8 Å². The summed E-state index contributed by atoms with van der Waals surface area (Å²) in [5.41, 5.74) is 0. The molecular formula is C7H14O4. The second-order valence-electron chi connectivity index (χ2n) is 2.95. The van der Waals surface area contributed by atoms with Crippen molar-refractivity contribution in [1.82, 2.24) is 0 Å². The van der Waals surface area contributed by atoms with Gasteiger partial charge >= 0.3 is 0 Å². The topological polar surface area (TPSA) is 69.9 Å². The monoisotopic (exact) mass is 162 g/mol. The van der Waals surface area contributed by atoms with Crippen molar-refractivity contribution in [2.24, 2.45) is 0 Å². The number of hydrogen-bond acceptors (Lipinski definition) is 4. The maximum absolute atomic E-state index is 9.34. The normalized spacial score (nSPS) is 24.3. The first-order chi connectivity index (χ1) is 5.16. The minimum absolute atomic E-state index is 0.00694. The average molecular weight is 162 g/mol. The van der Waals surface area contributed by atoms with E-state index in [4.69, 9.17) is 14.9 Å². The van der Waals surface area contributed by atoms with Gasteiger partial charge in [-0.3, -0.25) is 0 Å². The molecule has 3 N–H and O–H groups in total. The van der Waals surface area contributed by atoms with Gasteiger partial charge in [0.15, 0.2) is 5.79 Å². The predicted molar refractivity (Wildman–Crippen MR) is 37.8 cm³/mol. The average Bonchev–Trinajstić information content (AvgIpc) is 1.96. The van der Waals surface area contributed by atoms with Crippen LogP contribution in [0, 0.1) is 0 Å². The van der Waals surface area contributed by atoms with Crippen LogP contribution in [0.2, 0.25) is 0 Å². The first-order valence-corrected chi connectivity index (χ1v) is 3.81. The van der Waals surface area contributed by atoms with Crippen LogP contribution >= 0.6 is 0 Å². The maximum Gasteiger partial charge on any atom is 0.165 e. The summed E-state index contributed by atoms with van der Waals surface area (Å²) in [6.45, 7) is -0.316. The molecule has 0 radical (unpaired) electrons. The summed E-state index contributed by atoms with van der Waals surface area (Å²) in [7, 11) is 0. The number of rotatable bonds is 4. The van der Waals surface area contributed by atoms with E-state index in [-0.39, 0.29) is 13.2 Å². The summed E-state index contributed by atoms with van der Waals surface area (Å²) in [6.07, 6.45) is 1.35. The van der Waals surface area contributed by atoms with Crippen molar-refractivity contribution < 1.29 is 20.1 Å². The summed E-state index contributed by atoms with van der Waals surface area (Å²) in [5.74, 6) is -1.02. The molecule has 0 amide bonds. The quantitative estimate of drug-likeness (QED) is 0.475. The van der Waals surface area contributed by atoms with Gasteiger partial charge in [0.05, 0.1) is 13.2 Å². The molecule has 1 fully saturated rings. The van der Waals surface area contributed by atoms with E-state index >= 15 is 0 Å². The number of aliphatic hydroxyl groups excluding tert-OH is 2. The van der Waals surface area contributed by atoms with E-state index < -0.39 is 11.9 Å². The van der Waals surface area contributed by atoms with Crippen molar-refractivity contribution in [3.63, 3.8) is 0 Å². The molecule has 0 aliphatic heterocycles. The summed E-state index contributed by atoms with van der Waals surface area (Å²) in [4.78, 5) is 0. The van der Waals surface area contributed by atoms with Crippen LogP contribution in [0.3, 0.4) is 0 Å². The molecule has 0 aromatic heterocycles. The molecular weight excluding hydrogens is 148 g/mol. The zero-order valence-corrected chi connectivity index (χ0v) is 6.36. The van der Waals surface area contributed by atoms with Crippen molar-refractivity contribution >= 4 is 0 Å². The molecule has 66 valence electrons. The van der Waals surface area contributed by atoms with Crippen LogP contribution in [0.15, 0.2) is 0 Å². The van der Waals surface area contributed by atoms with Crippen molar-refractivity contribution in [1.29, 1.82) is 0 Å². The lowest BCUT2D eigenvalue weighted by atomic mass is 9.91. The molecule has 0 bridgehead atoms. The summed E-state index contributed by atoms with van der Waals surface area (Å²) in [5, 5.41) is 26.6. The van der Waals surface area contributed by atoms with Crippen molar-refractivity contribution in [2.45, 2.75) is 31.2 Å². The summed E-state index contributed by atoms with van der Waals surface area (Å²) in [6, 6.07) is 0. The first kappa shape index (κ1) is 8.93. The molecule has 11 heavy (non-hydrogen) atoms. The fourth-order valence-electron chi connectivity index (χ4n) is 0.928. The van der Waals surface area contributed by atoms with Crippen LogP contribution in [-0.2, 0) is 4.74 Å². The number of ether oxygens (including phenoxy) is 1. The highest BCUT2D eigenvalue weighted by Gasteiger charge is 2.35. The fraction of sp³-hybridized carbons (Fsp3) is 1.00. The zero-order chi connectivity index (χ0) is 8.32. The van der Waals surface area contributed by atoms with E-state index in [0.29, 0.717) is 12.8 Å². The predicted octanol–water partition coefficient (Wildman–Crippen LogP) is -0.771. The minimum Gasteiger partial charge on any atom is -0.394 e. The molecule has 0 saturated heterocycles. The van der Waals surface area contributed by atoms with E-state index in [0.717, 1.165) is 6.42 Å². The van der Waals surface area contributed by atoms with Crippen molar-refractivity contribution in [3.05, 3.63) is 0 Å².